The number of rotatable bonds is 7. The van der Waals surface area contributed by atoms with Gasteiger partial charge in [0.05, 0.1) is 11.1 Å². The molecule has 0 saturated heterocycles. The summed E-state index contributed by atoms with van der Waals surface area (Å²) in [5.41, 5.74) is 2.58. The minimum atomic E-state index is -0.342. The van der Waals surface area contributed by atoms with E-state index >= 15 is 0 Å². The summed E-state index contributed by atoms with van der Waals surface area (Å²) in [6.45, 7) is 7.35. The van der Waals surface area contributed by atoms with Gasteiger partial charge in [0.15, 0.2) is 0 Å². The van der Waals surface area contributed by atoms with E-state index in [9.17, 15) is 14.4 Å². The second-order valence-electron chi connectivity index (χ2n) is 7.03. The zero-order valence-electron chi connectivity index (χ0n) is 16.4. The number of benzene rings is 2. The third-order valence-corrected chi connectivity index (χ3v) is 4.89. The predicted octanol–water partition coefficient (Wildman–Crippen LogP) is 3.55. The summed E-state index contributed by atoms with van der Waals surface area (Å²) >= 11 is 0. The van der Waals surface area contributed by atoms with E-state index in [1.165, 1.54) is 0 Å². The van der Waals surface area contributed by atoms with Gasteiger partial charge in [-0.3, -0.25) is 19.3 Å². The van der Waals surface area contributed by atoms with Crippen molar-refractivity contribution in [1.82, 2.24) is 4.90 Å². The number of anilines is 2. The number of amides is 3. The van der Waals surface area contributed by atoms with Crippen LogP contribution in [-0.4, -0.2) is 41.8 Å². The Morgan fingerprint density at radius 3 is 2.07 bits per heavy atom. The molecule has 2 aromatic rings. The van der Waals surface area contributed by atoms with Gasteiger partial charge in [0, 0.05) is 36.9 Å². The number of hydrogen-bond acceptors (Lipinski definition) is 4. The maximum atomic E-state index is 12.3. The molecule has 3 amide bonds. The van der Waals surface area contributed by atoms with Gasteiger partial charge >= 0.3 is 0 Å². The van der Waals surface area contributed by atoms with E-state index in [1.54, 1.807) is 24.3 Å². The Kier molecular flexibility index (Phi) is 5.78. The summed E-state index contributed by atoms with van der Waals surface area (Å²) in [5.74, 6) is -0.919. The standard InChI is InChI=1S/C22H25N3O3/c1-4-24(15(2)3)17-11-9-16(10-12-17)23-20(26)13-14-25-21(27)18-7-5-6-8-19(18)22(25)28/h5-12,15H,4,13-14H2,1-3H3,(H,23,26). The van der Waals surface area contributed by atoms with Crippen molar-refractivity contribution in [3.63, 3.8) is 0 Å². The monoisotopic (exact) mass is 379 g/mol. The molecular weight excluding hydrogens is 354 g/mol. The van der Waals surface area contributed by atoms with Gasteiger partial charge in [0.2, 0.25) is 5.91 Å². The molecule has 0 radical (unpaired) electrons. The highest BCUT2D eigenvalue weighted by Crippen LogP contribution is 2.23. The summed E-state index contributed by atoms with van der Waals surface area (Å²) in [5, 5.41) is 2.82. The van der Waals surface area contributed by atoms with Crippen molar-refractivity contribution >= 4 is 29.1 Å². The van der Waals surface area contributed by atoms with Crippen LogP contribution >= 0.6 is 0 Å². The molecule has 1 aliphatic heterocycles. The molecule has 6 heteroatoms. The van der Waals surface area contributed by atoms with Crippen LogP contribution in [0.4, 0.5) is 11.4 Å². The minimum Gasteiger partial charge on any atom is -0.369 e. The molecule has 1 aliphatic rings. The molecule has 0 saturated carbocycles. The van der Waals surface area contributed by atoms with Crippen LogP contribution in [0.1, 0.15) is 47.9 Å². The summed E-state index contributed by atoms with van der Waals surface area (Å²) in [7, 11) is 0. The van der Waals surface area contributed by atoms with Crippen LogP contribution in [0.25, 0.3) is 0 Å². The van der Waals surface area contributed by atoms with Crippen molar-refractivity contribution in [2.75, 3.05) is 23.3 Å². The van der Waals surface area contributed by atoms with Gasteiger partial charge in [-0.1, -0.05) is 12.1 Å². The van der Waals surface area contributed by atoms with Crippen LogP contribution < -0.4 is 10.2 Å². The Morgan fingerprint density at radius 1 is 1.00 bits per heavy atom. The second kappa shape index (κ2) is 8.25. The molecule has 6 nitrogen and oxygen atoms in total. The van der Waals surface area contributed by atoms with E-state index in [4.69, 9.17) is 0 Å². The Hall–Kier alpha value is -3.15. The number of carbonyl (C=O) groups excluding carboxylic acids is 3. The molecule has 146 valence electrons. The average molecular weight is 379 g/mol. The van der Waals surface area contributed by atoms with E-state index in [0.717, 1.165) is 17.1 Å². The summed E-state index contributed by atoms with van der Waals surface area (Å²) in [4.78, 5) is 40.3. The first kappa shape index (κ1) is 19.6. The van der Waals surface area contributed by atoms with Crippen LogP contribution in [-0.2, 0) is 4.79 Å². The number of fused-ring (bicyclic) bond motifs is 1. The van der Waals surface area contributed by atoms with Crippen molar-refractivity contribution in [1.29, 1.82) is 0 Å². The molecule has 0 fully saturated rings. The third kappa shape index (κ3) is 3.91. The fourth-order valence-corrected chi connectivity index (χ4v) is 3.46. The number of nitrogens with one attached hydrogen (secondary N) is 1. The lowest BCUT2D eigenvalue weighted by atomic mass is 10.1. The van der Waals surface area contributed by atoms with Gasteiger partial charge in [-0.15, -0.1) is 0 Å². The van der Waals surface area contributed by atoms with Crippen molar-refractivity contribution in [2.45, 2.75) is 33.2 Å². The maximum Gasteiger partial charge on any atom is 0.261 e. The largest absolute Gasteiger partial charge is 0.369 e. The molecular formula is C22H25N3O3. The van der Waals surface area contributed by atoms with E-state index in [1.807, 2.05) is 24.3 Å². The highest BCUT2D eigenvalue weighted by molar-refractivity contribution is 6.21. The SMILES string of the molecule is CCN(c1ccc(NC(=O)CCN2C(=O)c3ccccc3C2=O)cc1)C(C)C. The van der Waals surface area contributed by atoms with Gasteiger partial charge in [-0.2, -0.15) is 0 Å². The smallest absolute Gasteiger partial charge is 0.261 e. The average Bonchev–Trinajstić information content (AvgIpc) is 2.92. The van der Waals surface area contributed by atoms with Crippen molar-refractivity contribution in [3.8, 4) is 0 Å². The van der Waals surface area contributed by atoms with Gasteiger partial charge in [0.1, 0.15) is 0 Å². The summed E-state index contributed by atoms with van der Waals surface area (Å²) in [6.07, 6.45) is 0.0559. The van der Waals surface area contributed by atoms with Crippen molar-refractivity contribution < 1.29 is 14.4 Å². The van der Waals surface area contributed by atoms with Crippen LogP contribution in [0.15, 0.2) is 48.5 Å². The topological polar surface area (TPSA) is 69.7 Å². The van der Waals surface area contributed by atoms with Gasteiger partial charge in [0.25, 0.3) is 11.8 Å². The number of nitrogens with zero attached hydrogens (tertiary/aromatic N) is 2. The van der Waals surface area contributed by atoms with E-state index in [-0.39, 0.29) is 30.7 Å². The third-order valence-electron chi connectivity index (χ3n) is 4.89. The number of carbonyl (C=O) groups is 3. The Labute approximate surface area is 165 Å². The molecule has 0 unspecified atom stereocenters. The molecule has 3 rings (SSSR count). The van der Waals surface area contributed by atoms with Crippen LogP contribution in [0.3, 0.4) is 0 Å². The zero-order chi connectivity index (χ0) is 20.3. The fourth-order valence-electron chi connectivity index (χ4n) is 3.46. The van der Waals surface area contributed by atoms with E-state index < -0.39 is 0 Å². The van der Waals surface area contributed by atoms with Crippen LogP contribution in [0.2, 0.25) is 0 Å². The zero-order valence-corrected chi connectivity index (χ0v) is 16.4. The Morgan fingerprint density at radius 2 is 1.57 bits per heavy atom. The van der Waals surface area contributed by atoms with E-state index in [2.05, 4.69) is 31.0 Å². The first-order chi connectivity index (χ1) is 13.4. The number of imide groups is 1. The first-order valence-corrected chi connectivity index (χ1v) is 9.54. The van der Waals surface area contributed by atoms with E-state index in [0.29, 0.717) is 22.9 Å². The lowest BCUT2D eigenvalue weighted by Crippen LogP contribution is -2.32. The van der Waals surface area contributed by atoms with Crippen LogP contribution in [0, 0.1) is 0 Å². The second-order valence-corrected chi connectivity index (χ2v) is 7.03. The van der Waals surface area contributed by atoms with Crippen molar-refractivity contribution in [3.05, 3.63) is 59.7 Å². The molecule has 0 aromatic heterocycles. The minimum absolute atomic E-state index is 0.0559. The maximum absolute atomic E-state index is 12.3. The molecule has 1 heterocycles. The molecule has 0 bridgehead atoms. The molecule has 1 N–H and O–H groups in total. The quantitative estimate of drug-likeness (QED) is 0.747. The van der Waals surface area contributed by atoms with Crippen molar-refractivity contribution in [2.24, 2.45) is 0 Å². The normalized spacial score (nSPS) is 13.1. The highest BCUT2D eigenvalue weighted by atomic mass is 16.2. The van der Waals surface area contributed by atoms with Crippen LogP contribution in [0.5, 0.6) is 0 Å². The molecule has 0 spiro atoms. The first-order valence-electron chi connectivity index (χ1n) is 9.54. The molecule has 0 atom stereocenters. The highest BCUT2D eigenvalue weighted by Gasteiger charge is 2.34. The summed E-state index contributed by atoms with van der Waals surface area (Å²) in [6, 6.07) is 14.8. The lowest BCUT2D eigenvalue weighted by molar-refractivity contribution is -0.116. The summed E-state index contributed by atoms with van der Waals surface area (Å²) < 4.78 is 0. The van der Waals surface area contributed by atoms with Gasteiger partial charge in [-0.25, -0.2) is 0 Å². The van der Waals surface area contributed by atoms with Gasteiger partial charge < -0.3 is 10.2 Å². The molecule has 28 heavy (non-hydrogen) atoms. The predicted molar refractivity (Wildman–Crippen MR) is 110 cm³/mol. The molecule has 0 aliphatic carbocycles. The van der Waals surface area contributed by atoms with Gasteiger partial charge in [-0.05, 0) is 57.2 Å². The number of hydrogen-bond donors (Lipinski definition) is 1. The Bertz CT molecular complexity index is 855. The fraction of sp³-hybridized carbons (Fsp3) is 0.318. The Balaban J connectivity index is 1.57. The lowest BCUT2D eigenvalue weighted by Gasteiger charge is -2.27. The molecule has 2 aromatic carbocycles.